The average Bonchev–Trinajstić information content (AvgIpc) is 2.47. The van der Waals surface area contributed by atoms with Crippen molar-refractivity contribution >= 4 is 0 Å². The van der Waals surface area contributed by atoms with E-state index in [1.54, 1.807) is 0 Å². The van der Waals surface area contributed by atoms with Crippen LogP contribution in [0.3, 0.4) is 0 Å². The lowest BCUT2D eigenvalue weighted by atomic mass is 9.83. The summed E-state index contributed by atoms with van der Waals surface area (Å²) in [7, 11) is 0. The van der Waals surface area contributed by atoms with E-state index in [1.165, 1.54) is 18.4 Å². The third-order valence-electron chi connectivity index (χ3n) is 4.37. The van der Waals surface area contributed by atoms with Crippen molar-refractivity contribution in [3.63, 3.8) is 0 Å². The summed E-state index contributed by atoms with van der Waals surface area (Å²) in [6, 6.07) is 10.9. The SMILES string of the molecule is CCC(CC)(Cc1ccccc1)N1CCOCC1. The molecule has 0 aliphatic carbocycles. The fraction of sp³-hybridized carbons (Fsp3) is 0.625. The second-order valence-electron chi connectivity index (χ2n) is 5.19. The Bertz CT molecular complexity index is 339. The molecule has 1 aromatic carbocycles. The lowest BCUT2D eigenvalue weighted by Gasteiger charge is -2.45. The van der Waals surface area contributed by atoms with Gasteiger partial charge in [0.25, 0.3) is 0 Å². The molecule has 1 heterocycles. The Morgan fingerprint density at radius 2 is 1.67 bits per heavy atom. The van der Waals surface area contributed by atoms with Crippen LogP contribution < -0.4 is 0 Å². The second-order valence-corrected chi connectivity index (χ2v) is 5.19. The molecule has 0 unspecified atom stereocenters. The van der Waals surface area contributed by atoms with Crippen molar-refractivity contribution in [1.82, 2.24) is 4.90 Å². The summed E-state index contributed by atoms with van der Waals surface area (Å²) in [4.78, 5) is 2.64. The Labute approximate surface area is 111 Å². The van der Waals surface area contributed by atoms with Crippen LogP contribution in [-0.2, 0) is 11.2 Å². The minimum atomic E-state index is 0.311. The molecule has 1 aromatic rings. The minimum Gasteiger partial charge on any atom is -0.379 e. The van der Waals surface area contributed by atoms with E-state index in [-0.39, 0.29) is 0 Å². The van der Waals surface area contributed by atoms with E-state index in [9.17, 15) is 0 Å². The minimum absolute atomic E-state index is 0.311. The van der Waals surface area contributed by atoms with Gasteiger partial charge in [0.05, 0.1) is 13.2 Å². The first-order valence-corrected chi connectivity index (χ1v) is 7.17. The second kappa shape index (κ2) is 6.35. The first kappa shape index (κ1) is 13.6. The molecule has 0 bridgehead atoms. The van der Waals surface area contributed by atoms with Crippen LogP contribution in [0.25, 0.3) is 0 Å². The molecule has 0 N–H and O–H groups in total. The Morgan fingerprint density at radius 3 is 2.22 bits per heavy atom. The predicted octanol–water partition coefficient (Wildman–Crippen LogP) is 3.12. The van der Waals surface area contributed by atoms with Crippen LogP contribution >= 0.6 is 0 Å². The highest BCUT2D eigenvalue weighted by Crippen LogP contribution is 2.29. The Kier molecular flexibility index (Phi) is 4.79. The number of ether oxygens (including phenoxy) is 1. The number of morpholine rings is 1. The van der Waals surface area contributed by atoms with Crippen LogP contribution in [0.15, 0.2) is 30.3 Å². The van der Waals surface area contributed by atoms with Crippen molar-refractivity contribution in [3.8, 4) is 0 Å². The van der Waals surface area contributed by atoms with Crippen LogP contribution in [0.1, 0.15) is 32.3 Å². The number of hydrogen-bond donors (Lipinski definition) is 0. The summed E-state index contributed by atoms with van der Waals surface area (Å²) < 4.78 is 5.49. The molecule has 2 nitrogen and oxygen atoms in total. The summed E-state index contributed by atoms with van der Waals surface area (Å²) in [5.41, 5.74) is 1.76. The van der Waals surface area contributed by atoms with Gasteiger partial charge in [-0.2, -0.15) is 0 Å². The summed E-state index contributed by atoms with van der Waals surface area (Å²) in [6.45, 7) is 8.57. The molecule has 0 aromatic heterocycles. The Hall–Kier alpha value is -0.860. The van der Waals surface area contributed by atoms with Crippen LogP contribution in [0.4, 0.5) is 0 Å². The highest BCUT2D eigenvalue weighted by atomic mass is 16.5. The van der Waals surface area contributed by atoms with Gasteiger partial charge in [-0.1, -0.05) is 44.2 Å². The lowest BCUT2D eigenvalue weighted by molar-refractivity contribution is -0.0264. The number of hydrogen-bond acceptors (Lipinski definition) is 2. The van der Waals surface area contributed by atoms with E-state index in [0.29, 0.717) is 5.54 Å². The molecule has 2 rings (SSSR count). The van der Waals surface area contributed by atoms with Crippen molar-refractivity contribution in [2.45, 2.75) is 38.6 Å². The quantitative estimate of drug-likeness (QED) is 0.792. The van der Waals surface area contributed by atoms with Gasteiger partial charge in [-0.3, -0.25) is 4.90 Å². The van der Waals surface area contributed by atoms with E-state index in [0.717, 1.165) is 32.7 Å². The number of nitrogens with zero attached hydrogens (tertiary/aromatic N) is 1. The van der Waals surface area contributed by atoms with Crippen molar-refractivity contribution in [2.75, 3.05) is 26.3 Å². The molecule has 0 amide bonds. The lowest BCUT2D eigenvalue weighted by Crippen LogP contribution is -2.54. The van der Waals surface area contributed by atoms with Crippen LogP contribution in [0.2, 0.25) is 0 Å². The Morgan fingerprint density at radius 1 is 1.06 bits per heavy atom. The van der Waals surface area contributed by atoms with E-state index < -0.39 is 0 Å². The van der Waals surface area contributed by atoms with Gasteiger partial charge in [0.15, 0.2) is 0 Å². The topological polar surface area (TPSA) is 12.5 Å². The molecule has 100 valence electrons. The summed E-state index contributed by atoms with van der Waals surface area (Å²) in [5.74, 6) is 0. The molecule has 0 radical (unpaired) electrons. The maximum absolute atomic E-state index is 5.49. The average molecular weight is 247 g/mol. The number of benzene rings is 1. The maximum atomic E-state index is 5.49. The van der Waals surface area contributed by atoms with E-state index in [2.05, 4.69) is 49.1 Å². The molecular weight excluding hydrogens is 222 g/mol. The molecule has 0 spiro atoms. The highest BCUT2D eigenvalue weighted by molar-refractivity contribution is 5.18. The van der Waals surface area contributed by atoms with Gasteiger partial charge < -0.3 is 4.74 Å². The summed E-state index contributed by atoms with van der Waals surface area (Å²) >= 11 is 0. The zero-order valence-corrected chi connectivity index (χ0v) is 11.7. The van der Waals surface area contributed by atoms with Crippen LogP contribution in [0.5, 0.6) is 0 Å². The molecule has 0 atom stereocenters. The first-order valence-electron chi connectivity index (χ1n) is 7.17. The van der Waals surface area contributed by atoms with Gasteiger partial charge in [0, 0.05) is 18.6 Å². The highest BCUT2D eigenvalue weighted by Gasteiger charge is 2.34. The molecule has 18 heavy (non-hydrogen) atoms. The molecule has 1 saturated heterocycles. The summed E-state index contributed by atoms with van der Waals surface area (Å²) in [6.07, 6.45) is 3.57. The smallest absolute Gasteiger partial charge is 0.0594 e. The summed E-state index contributed by atoms with van der Waals surface area (Å²) in [5, 5.41) is 0. The van der Waals surface area contributed by atoms with Gasteiger partial charge >= 0.3 is 0 Å². The van der Waals surface area contributed by atoms with Crippen molar-refractivity contribution < 1.29 is 4.74 Å². The van der Waals surface area contributed by atoms with Crippen LogP contribution in [-0.4, -0.2) is 36.7 Å². The van der Waals surface area contributed by atoms with E-state index in [4.69, 9.17) is 4.74 Å². The van der Waals surface area contributed by atoms with Gasteiger partial charge in [0.1, 0.15) is 0 Å². The molecule has 1 fully saturated rings. The number of rotatable bonds is 5. The monoisotopic (exact) mass is 247 g/mol. The fourth-order valence-electron chi connectivity index (χ4n) is 3.07. The van der Waals surface area contributed by atoms with Gasteiger partial charge in [-0.15, -0.1) is 0 Å². The zero-order chi connectivity index (χ0) is 12.8. The van der Waals surface area contributed by atoms with Crippen molar-refractivity contribution in [1.29, 1.82) is 0 Å². The van der Waals surface area contributed by atoms with Crippen molar-refractivity contribution in [2.24, 2.45) is 0 Å². The van der Waals surface area contributed by atoms with Gasteiger partial charge in [0.2, 0.25) is 0 Å². The normalized spacial score (nSPS) is 17.9. The molecule has 0 saturated carbocycles. The van der Waals surface area contributed by atoms with Crippen LogP contribution in [0, 0.1) is 0 Å². The largest absolute Gasteiger partial charge is 0.379 e. The molecule has 2 heteroatoms. The maximum Gasteiger partial charge on any atom is 0.0594 e. The molecule has 1 aliphatic heterocycles. The van der Waals surface area contributed by atoms with Gasteiger partial charge in [-0.25, -0.2) is 0 Å². The molecule has 1 aliphatic rings. The third kappa shape index (κ3) is 2.93. The standard InChI is InChI=1S/C16H25NO/c1-3-16(4-2,17-10-12-18-13-11-17)14-15-8-6-5-7-9-15/h5-9H,3-4,10-14H2,1-2H3. The third-order valence-corrected chi connectivity index (χ3v) is 4.37. The van der Waals surface area contributed by atoms with E-state index in [1.807, 2.05) is 0 Å². The molecular formula is C16H25NO. The van der Waals surface area contributed by atoms with E-state index >= 15 is 0 Å². The Balaban J connectivity index is 2.14. The fourth-order valence-corrected chi connectivity index (χ4v) is 3.07. The predicted molar refractivity (Wildman–Crippen MR) is 75.9 cm³/mol. The van der Waals surface area contributed by atoms with Gasteiger partial charge in [-0.05, 0) is 24.8 Å². The van der Waals surface area contributed by atoms with Crippen molar-refractivity contribution in [3.05, 3.63) is 35.9 Å². The zero-order valence-electron chi connectivity index (χ0n) is 11.7. The first-order chi connectivity index (χ1) is 8.80.